The number of nitrogens with one attached hydrogen (secondary N) is 1. The summed E-state index contributed by atoms with van der Waals surface area (Å²) < 4.78 is 0. The molecule has 0 atom stereocenters. The lowest BCUT2D eigenvalue weighted by molar-refractivity contribution is 0.422. The van der Waals surface area contributed by atoms with Gasteiger partial charge in [-0.3, -0.25) is 0 Å². The highest BCUT2D eigenvalue weighted by molar-refractivity contribution is 7.19. The third-order valence-corrected chi connectivity index (χ3v) is 4.21. The maximum atomic E-state index is 4.77. The molecule has 0 unspecified atom stereocenters. The minimum atomic E-state index is 0.0931. The van der Waals surface area contributed by atoms with Crippen molar-refractivity contribution in [3.8, 4) is 10.4 Å². The Bertz CT molecular complexity index is 553. The van der Waals surface area contributed by atoms with Crippen molar-refractivity contribution >= 4 is 16.5 Å². The second-order valence-electron chi connectivity index (χ2n) is 6.14. The number of hydrogen-bond acceptors (Lipinski definition) is 4. The van der Waals surface area contributed by atoms with Crippen molar-refractivity contribution in [1.29, 1.82) is 0 Å². The van der Waals surface area contributed by atoms with Crippen LogP contribution in [0.25, 0.3) is 10.4 Å². The first-order valence-electron chi connectivity index (χ1n) is 6.84. The van der Waals surface area contributed by atoms with Crippen LogP contribution < -0.4 is 10.2 Å². The second kappa shape index (κ2) is 5.94. The molecule has 20 heavy (non-hydrogen) atoms. The summed E-state index contributed by atoms with van der Waals surface area (Å²) in [5.41, 5.74) is 2.46. The van der Waals surface area contributed by atoms with Crippen LogP contribution in [0.4, 0.5) is 5.13 Å². The Morgan fingerprint density at radius 2 is 1.80 bits per heavy atom. The van der Waals surface area contributed by atoms with E-state index < -0.39 is 0 Å². The Labute approximate surface area is 125 Å². The highest BCUT2D eigenvalue weighted by atomic mass is 32.1. The van der Waals surface area contributed by atoms with Crippen molar-refractivity contribution in [3.05, 3.63) is 36.0 Å². The molecule has 3 nitrogen and oxygen atoms in total. The predicted octanol–water partition coefficient (Wildman–Crippen LogP) is 3.76. The van der Waals surface area contributed by atoms with Crippen LogP contribution in [-0.4, -0.2) is 24.6 Å². The summed E-state index contributed by atoms with van der Waals surface area (Å²) >= 11 is 1.75. The molecule has 0 fully saturated rings. The van der Waals surface area contributed by atoms with Gasteiger partial charge in [0.2, 0.25) is 0 Å². The summed E-state index contributed by atoms with van der Waals surface area (Å²) in [6, 6.07) is 10.5. The van der Waals surface area contributed by atoms with Gasteiger partial charge in [0.1, 0.15) is 0 Å². The third-order valence-electron chi connectivity index (χ3n) is 2.89. The first-order valence-corrected chi connectivity index (χ1v) is 7.66. The lowest BCUT2D eigenvalue weighted by Gasteiger charge is -2.20. The van der Waals surface area contributed by atoms with Crippen LogP contribution in [0.5, 0.6) is 0 Å². The van der Waals surface area contributed by atoms with Crippen molar-refractivity contribution in [2.45, 2.75) is 32.9 Å². The van der Waals surface area contributed by atoms with Gasteiger partial charge in [-0.25, -0.2) is 4.98 Å². The minimum Gasteiger partial charge on any atom is -0.354 e. The van der Waals surface area contributed by atoms with Gasteiger partial charge in [-0.1, -0.05) is 41.7 Å². The number of hydrogen-bond donors (Lipinski definition) is 1. The average Bonchev–Trinajstić information content (AvgIpc) is 2.81. The fourth-order valence-corrected chi connectivity index (χ4v) is 2.82. The van der Waals surface area contributed by atoms with E-state index in [1.54, 1.807) is 11.3 Å². The topological polar surface area (TPSA) is 28.2 Å². The normalized spacial score (nSPS) is 11.7. The molecule has 0 aliphatic rings. The Kier molecular flexibility index (Phi) is 4.45. The molecule has 0 saturated carbocycles. The van der Waals surface area contributed by atoms with Crippen LogP contribution in [0, 0.1) is 0 Å². The highest BCUT2D eigenvalue weighted by Gasteiger charge is 2.16. The van der Waals surface area contributed by atoms with Gasteiger partial charge >= 0.3 is 0 Å². The Morgan fingerprint density at radius 1 is 1.15 bits per heavy atom. The largest absolute Gasteiger partial charge is 0.354 e. The summed E-state index contributed by atoms with van der Waals surface area (Å²) in [5.74, 6) is 0. The number of aromatic nitrogens is 1. The molecule has 0 aliphatic carbocycles. The Hall–Kier alpha value is -1.39. The summed E-state index contributed by atoms with van der Waals surface area (Å²) in [6.45, 7) is 7.31. The van der Waals surface area contributed by atoms with Crippen LogP contribution in [-0.2, 0) is 6.54 Å². The van der Waals surface area contributed by atoms with Crippen molar-refractivity contribution < 1.29 is 0 Å². The van der Waals surface area contributed by atoms with E-state index in [4.69, 9.17) is 4.98 Å². The number of benzene rings is 1. The molecule has 0 bridgehead atoms. The number of anilines is 1. The molecule has 1 aromatic heterocycles. The van der Waals surface area contributed by atoms with Gasteiger partial charge in [0, 0.05) is 26.2 Å². The standard InChI is InChI=1S/C16H23N3S/c1-16(2,3)17-11-13-14(12-9-7-6-8-10-12)20-15(18-13)19(4)5/h6-10,17H,11H2,1-5H3. The molecule has 2 rings (SSSR count). The van der Waals surface area contributed by atoms with E-state index in [1.807, 2.05) is 20.2 Å². The van der Waals surface area contributed by atoms with E-state index in [0.29, 0.717) is 0 Å². The van der Waals surface area contributed by atoms with Crippen molar-refractivity contribution in [2.75, 3.05) is 19.0 Å². The molecular formula is C16H23N3S. The average molecular weight is 289 g/mol. The van der Waals surface area contributed by atoms with Gasteiger partial charge in [-0.15, -0.1) is 0 Å². The molecule has 0 spiro atoms. The van der Waals surface area contributed by atoms with E-state index in [2.05, 4.69) is 55.3 Å². The molecule has 0 radical (unpaired) electrons. The fraction of sp³-hybridized carbons (Fsp3) is 0.438. The summed E-state index contributed by atoms with van der Waals surface area (Å²) in [6.07, 6.45) is 0. The predicted molar refractivity (Wildman–Crippen MR) is 88.5 cm³/mol. The summed E-state index contributed by atoms with van der Waals surface area (Å²) in [5, 5.41) is 4.58. The summed E-state index contributed by atoms with van der Waals surface area (Å²) in [4.78, 5) is 8.09. The molecule has 0 saturated heterocycles. The molecule has 1 heterocycles. The van der Waals surface area contributed by atoms with E-state index >= 15 is 0 Å². The molecule has 4 heteroatoms. The summed E-state index contributed by atoms with van der Waals surface area (Å²) in [7, 11) is 4.07. The molecule has 0 aliphatic heterocycles. The maximum absolute atomic E-state index is 4.77. The van der Waals surface area contributed by atoms with Crippen LogP contribution in [0.3, 0.4) is 0 Å². The minimum absolute atomic E-state index is 0.0931. The molecular weight excluding hydrogens is 266 g/mol. The molecule has 2 aromatic rings. The van der Waals surface area contributed by atoms with Gasteiger partial charge in [0.15, 0.2) is 5.13 Å². The zero-order chi connectivity index (χ0) is 14.8. The van der Waals surface area contributed by atoms with Gasteiger partial charge in [-0.05, 0) is 26.3 Å². The van der Waals surface area contributed by atoms with E-state index in [1.165, 1.54) is 10.4 Å². The quantitative estimate of drug-likeness (QED) is 0.929. The lowest BCUT2D eigenvalue weighted by Crippen LogP contribution is -2.35. The number of thiazole rings is 1. The molecule has 0 amide bonds. The SMILES string of the molecule is CN(C)c1nc(CNC(C)(C)C)c(-c2ccccc2)s1. The fourth-order valence-electron chi connectivity index (χ4n) is 1.81. The Balaban J connectivity index is 2.34. The molecule has 108 valence electrons. The first kappa shape index (κ1) is 15.0. The lowest BCUT2D eigenvalue weighted by atomic mass is 10.1. The van der Waals surface area contributed by atoms with Gasteiger partial charge in [0.05, 0.1) is 10.6 Å². The maximum Gasteiger partial charge on any atom is 0.185 e. The van der Waals surface area contributed by atoms with Crippen molar-refractivity contribution in [1.82, 2.24) is 10.3 Å². The van der Waals surface area contributed by atoms with Crippen LogP contribution >= 0.6 is 11.3 Å². The Morgan fingerprint density at radius 3 is 2.35 bits per heavy atom. The van der Waals surface area contributed by atoms with Crippen molar-refractivity contribution in [2.24, 2.45) is 0 Å². The number of rotatable bonds is 4. The van der Waals surface area contributed by atoms with Gasteiger partial charge in [0.25, 0.3) is 0 Å². The molecule has 1 aromatic carbocycles. The molecule has 1 N–H and O–H groups in total. The third kappa shape index (κ3) is 3.81. The van der Waals surface area contributed by atoms with Crippen molar-refractivity contribution in [3.63, 3.8) is 0 Å². The second-order valence-corrected chi connectivity index (χ2v) is 7.11. The van der Waals surface area contributed by atoms with Gasteiger partial charge in [-0.2, -0.15) is 0 Å². The van der Waals surface area contributed by atoms with Crippen LogP contribution in [0.2, 0.25) is 0 Å². The highest BCUT2D eigenvalue weighted by Crippen LogP contribution is 2.34. The zero-order valence-corrected chi connectivity index (χ0v) is 13.7. The number of nitrogens with zero attached hydrogens (tertiary/aromatic N) is 2. The first-order chi connectivity index (χ1) is 9.37. The van der Waals surface area contributed by atoms with Crippen LogP contribution in [0.1, 0.15) is 26.5 Å². The van der Waals surface area contributed by atoms with E-state index in [0.717, 1.165) is 17.4 Å². The van der Waals surface area contributed by atoms with E-state index in [-0.39, 0.29) is 5.54 Å². The smallest absolute Gasteiger partial charge is 0.185 e. The monoisotopic (exact) mass is 289 g/mol. The zero-order valence-electron chi connectivity index (χ0n) is 12.9. The van der Waals surface area contributed by atoms with Gasteiger partial charge < -0.3 is 10.2 Å². The van der Waals surface area contributed by atoms with Crippen LogP contribution in [0.15, 0.2) is 30.3 Å². The van der Waals surface area contributed by atoms with E-state index in [9.17, 15) is 0 Å².